The van der Waals surface area contributed by atoms with Crippen molar-refractivity contribution in [3.63, 3.8) is 0 Å². The second kappa shape index (κ2) is 11.8. The van der Waals surface area contributed by atoms with Crippen molar-refractivity contribution >= 4 is 14.3 Å². The summed E-state index contributed by atoms with van der Waals surface area (Å²) >= 11 is 0. The number of carbonyl (C=O) groups is 1. The van der Waals surface area contributed by atoms with Gasteiger partial charge in [-0.25, -0.2) is 4.79 Å². The zero-order chi connectivity index (χ0) is 22.2. The van der Waals surface area contributed by atoms with Gasteiger partial charge in [0.25, 0.3) is 0 Å². The van der Waals surface area contributed by atoms with Crippen LogP contribution in [0.25, 0.3) is 0 Å². The highest BCUT2D eigenvalue weighted by atomic mass is 28.4. The Bertz CT molecular complexity index is 552. The van der Waals surface area contributed by atoms with Crippen LogP contribution in [0, 0.1) is 0 Å². The van der Waals surface area contributed by atoms with Crippen molar-refractivity contribution < 1.29 is 18.7 Å². The van der Waals surface area contributed by atoms with Crippen molar-refractivity contribution in [2.45, 2.75) is 141 Å². The molecule has 30 heavy (non-hydrogen) atoms. The molecule has 0 aromatic carbocycles. The van der Waals surface area contributed by atoms with Gasteiger partial charge in [-0.1, -0.05) is 79.1 Å². The average Bonchev–Trinajstić information content (AvgIpc) is 3.31. The molecule has 0 bridgehead atoms. The zero-order valence-electron chi connectivity index (χ0n) is 20.4. The smallest absolute Gasteiger partial charge is 0.331 e. The zero-order valence-corrected chi connectivity index (χ0v) is 21.4. The largest absolute Gasteiger partial charge is 0.452 e. The van der Waals surface area contributed by atoms with E-state index in [9.17, 15) is 4.79 Å². The van der Waals surface area contributed by atoms with Crippen LogP contribution >= 0.6 is 0 Å². The van der Waals surface area contributed by atoms with Crippen molar-refractivity contribution in [1.82, 2.24) is 0 Å². The maximum atomic E-state index is 11.4. The molecule has 0 amide bonds. The van der Waals surface area contributed by atoms with Gasteiger partial charge >= 0.3 is 5.97 Å². The third kappa shape index (κ3) is 7.80. The first-order valence-corrected chi connectivity index (χ1v) is 15.3. The average molecular weight is 439 g/mol. The number of cyclic esters (lactones) is 1. The van der Waals surface area contributed by atoms with Crippen molar-refractivity contribution in [2.75, 3.05) is 0 Å². The molecule has 0 N–H and O–H groups in total. The highest BCUT2D eigenvalue weighted by molar-refractivity contribution is 6.74. The Balaban J connectivity index is 1.86. The van der Waals surface area contributed by atoms with Crippen LogP contribution in [0.15, 0.2) is 12.2 Å². The molecule has 0 radical (unpaired) electrons. The molecule has 0 saturated carbocycles. The van der Waals surface area contributed by atoms with E-state index in [4.69, 9.17) is 13.9 Å². The predicted molar refractivity (Wildman–Crippen MR) is 126 cm³/mol. The Morgan fingerprint density at radius 2 is 1.70 bits per heavy atom. The van der Waals surface area contributed by atoms with E-state index in [1.165, 1.54) is 57.4 Å². The van der Waals surface area contributed by atoms with E-state index in [-0.39, 0.29) is 35.4 Å². The van der Waals surface area contributed by atoms with Crippen LogP contribution in [0.4, 0.5) is 0 Å². The normalized spacial score (nSPS) is 25.7. The van der Waals surface area contributed by atoms with E-state index in [0.29, 0.717) is 0 Å². The summed E-state index contributed by atoms with van der Waals surface area (Å²) in [6, 6.07) is 0. The maximum absolute atomic E-state index is 11.4. The van der Waals surface area contributed by atoms with Gasteiger partial charge in [0.2, 0.25) is 0 Å². The van der Waals surface area contributed by atoms with E-state index < -0.39 is 8.32 Å². The number of ether oxygens (including phenoxy) is 2. The minimum Gasteiger partial charge on any atom is -0.452 e. The van der Waals surface area contributed by atoms with Gasteiger partial charge in [0.05, 0.1) is 18.3 Å². The SMILES string of the molecule is CCCCCCCCCC[C@H](O[Si](C)(C)C(C)(C)C)C1CC[C@@H]([C@@H]2C=CC(=O)O2)O1. The molecular weight excluding hydrogens is 392 g/mol. The van der Waals surface area contributed by atoms with Crippen LogP contribution in [-0.4, -0.2) is 38.7 Å². The molecule has 2 aliphatic rings. The van der Waals surface area contributed by atoms with E-state index >= 15 is 0 Å². The number of esters is 1. The van der Waals surface area contributed by atoms with Gasteiger partial charge in [0, 0.05) is 6.08 Å². The molecule has 4 atom stereocenters. The second-order valence-electron chi connectivity index (χ2n) is 10.7. The van der Waals surface area contributed by atoms with Crippen molar-refractivity contribution in [2.24, 2.45) is 0 Å². The summed E-state index contributed by atoms with van der Waals surface area (Å²) in [6.07, 6.45) is 17.0. The molecule has 1 unspecified atom stereocenters. The fourth-order valence-corrected chi connectivity index (χ4v) is 5.53. The highest BCUT2D eigenvalue weighted by Crippen LogP contribution is 2.40. The monoisotopic (exact) mass is 438 g/mol. The molecule has 1 saturated heterocycles. The number of hydrogen-bond acceptors (Lipinski definition) is 4. The van der Waals surface area contributed by atoms with Gasteiger partial charge in [-0.05, 0) is 43.5 Å². The van der Waals surface area contributed by atoms with Crippen LogP contribution in [0.2, 0.25) is 18.1 Å². The Labute approximate surface area is 186 Å². The van der Waals surface area contributed by atoms with E-state index in [2.05, 4.69) is 40.8 Å². The standard InChI is InChI=1S/C25H46O4Si/c1-7-8-9-10-11-12-13-14-15-23(29-30(5,6)25(2,3)4)22-17-16-20(27-22)21-18-19-24(26)28-21/h18-23H,7-17H2,1-6H3/t20-,21-,22?,23-/m0/s1. The number of hydrogen-bond donors (Lipinski definition) is 0. The van der Waals surface area contributed by atoms with Gasteiger partial charge in [0.1, 0.15) is 6.10 Å². The van der Waals surface area contributed by atoms with E-state index in [1.807, 2.05) is 6.08 Å². The molecule has 2 heterocycles. The molecular formula is C25H46O4Si. The van der Waals surface area contributed by atoms with Crippen molar-refractivity contribution in [3.05, 3.63) is 12.2 Å². The Morgan fingerprint density at radius 3 is 2.27 bits per heavy atom. The molecule has 174 valence electrons. The topological polar surface area (TPSA) is 44.8 Å². The Kier molecular flexibility index (Phi) is 10.1. The lowest BCUT2D eigenvalue weighted by Crippen LogP contribution is -2.47. The lowest BCUT2D eigenvalue weighted by atomic mass is 10.0. The first-order valence-electron chi connectivity index (χ1n) is 12.4. The van der Waals surface area contributed by atoms with Crippen LogP contribution in [-0.2, 0) is 18.7 Å². The first kappa shape index (κ1) is 25.6. The molecule has 2 aliphatic heterocycles. The molecule has 0 aromatic rings. The fraction of sp³-hybridized carbons (Fsp3) is 0.880. The number of unbranched alkanes of at least 4 members (excludes halogenated alkanes) is 7. The fourth-order valence-electron chi connectivity index (χ4n) is 4.15. The summed E-state index contributed by atoms with van der Waals surface area (Å²) in [4.78, 5) is 11.4. The lowest BCUT2D eigenvalue weighted by Gasteiger charge is -2.41. The molecule has 0 aliphatic carbocycles. The van der Waals surface area contributed by atoms with Crippen LogP contribution in [0.1, 0.15) is 98.3 Å². The minimum absolute atomic E-state index is 0.0261. The van der Waals surface area contributed by atoms with Crippen LogP contribution in [0.5, 0.6) is 0 Å². The molecule has 5 heteroatoms. The molecule has 2 rings (SSSR count). The highest BCUT2D eigenvalue weighted by Gasteiger charge is 2.43. The first-order chi connectivity index (χ1) is 14.1. The van der Waals surface area contributed by atoms with Crippen LogP contribution in [0.3, 0.4) is 0 Å². The lowest BCUT2D eigenvalue weighted by molar-refractivity contribution is -0.145. The van der Waals surface area contributed by atoms with Crippen LogP contribution < -0.4 is 0 Å². The quantitative estimate of drug-likeness (QED) is 0.177. The number of rotatable bonds is 13. The predicted octanol–water partition coefficient (Wildman–Crippen LogP) is 6.94. The van der Waals surface area contributed by atoms with E-state index in [0.717, 1.165) is 19.3 Å². The molecule has 0 spiro atoms. The summed E-state index contributed by atoms with van der Waals surface area (Å²) < 4.78 is 18.6. The number of carbonyl (C=O) groups excluding carboxylic acids is 1. The minimum atomic E-state index is -1.87. The molecule has 0 aromatic heterocycles. The van der Waals surface area contributed by atoms with E-state index in [1.54, 1.807) is 0 Å². The maximum Gasteiger partial charge on any atom is 0.331 e. The Hall–Kier alpha value is -0.653. The van der Waals surface area contributed by atoms with Gasteiger partial charge in [-0.2, -0.15) is 0 Å². The summed E-state index contributed by atoms with van der Waals surface area (Å²) in [5, 5.41) is 0.187. The van der Waals surface area contributed by atoms with Gasteiger partial charge in [0.15, 0.2) is 8.32 Å². The summed E-state index contributed by atoms with van der Waals surface area (Å²) in [6.45, 7) is 13.8. The molecule has 1 fully saturated rings. The second-order valence-corrected chi connectivity index (χ2v) is 15.5. The summed E-state index contributed by atoms with van der Waals surface area (Å²) in [5.74, 6) is -0.250. The third-order valence-electron chi connectivity index (χ3n) is 7.13. The van der Waals surface area contributed by atoms with Crippen molar-refractivity contribution in [3.8, 4) is 0 Å². The Morgan fingerprint density at radius 1 is 1.07 bits per heavy atom. The summed E-state index contributed by atoms with van der Waals surface area (Å²) in [7, 11) is -1.87. The third-order valence-corrected chi connectivity index (χ3v) is 11.6. The van der Waals surface area contributed by atoms with Gasteiger partial charge < -0.3 is 13.9 Å². The van der Waals surface area contributed by atoms with Gasteiger partial charge in [-0.3, -0.25) is 0 Å². The molecule has 4 nitrogen and oxygen atoms in total. The van der Waals surface area contributed by atoms with Crippen molar-refractivity contribution in [1.29, 1.82) is 0 Å². The van der Waals surface area contributed by atoms with Gasteiger partial charge in [-0.15, -0.1) is 0 Å². The summed E-state index contributed by atoms with van der Waals surface area (Å²) in [5.41, 5.74) is 0.